The lowest BCUT2D eigenvalue weighted by Crippen LogP contribution is -2.18. The summed E-state index contributed by atoms with van der Waals surface area (Å²) in [6, 6.07) is 0. The Hall–Kier alpha value is 0.310. The van der Waals surface area contributed by atoms with E-state index in [1.807, 2.05) is 0 Å². The first-order valence-corrected chi connectivity index (χ1v) is 6.21. The quantitative estimate of drug-likeness (QED) is 0.728. The van der Waals surface area contributed by atoms with Crippen LogP contribution in [0, 0.1) is 5.41 Å². The molecule has 0 unspecified atom stereocenters. The van der Waals surface area contributed by atoms with Gasteiger partial charge in [0.05, 0.1) is 0 Å². The Bertz CT molecular complexity index is 148. The van der Waals surface area contributed by atoms with Crippen molar-refractivity contribution in [2.45, 2.75) is 43.8 Å². The van der Waals surface area contributed by atoms with Crippen LogP contribution < -0.4 is 5.73 Å². The van der Waals surface area contributed by atoms with E-state index in [4.69, 9.17) is 5.73 Å². The van der Waals surface area contributed by atoms with Gasteiger partial charge in [0.1, 0.15) is 0 Å². The molecule has 0 aromatic heterocycles. The maximum atomic E-state index is 5.74. The molecule has 2 heteroatoms. The van der Waals surface area contributed by atoms with Gasteiger partial charge in [-0.05, 0) is 37.6 Å². The minimum Gasteiger partial charge on any atom is -0.330 e. The van der Waals surface area contributed by atoms with Gasteiger partial charge in [-0.3, -0.25) is 0 Å². The molecule has 2 saturated carbocycles. The van der Waals surface area contributed by atoms with Crippen LogP contribution in [0.5, 0.6) is 0 Å². The Morgan fingerprint density at radius 1 is 1.25 bits per heavy atom. The first-order chi connectivity index (χ1) is 5.85. The van der Waals surface area contributed by atoms with Gasteiger partial charge < -0.3 is 5.73 Å². The Morgan fingerprint density at radius 3 is 2.42 bits per heavy atom. The lowest BCUT2D eigenvalue weighted by atomic mass is 10.1. The second-order valence-corrected chi connectivity index (χ2v) is 5.71. The average Bonchev–Trinajstić information content (AvgIpc) is 2.70. The molecule has 2 fully saturated rings. The minimum absolute atomic E-state index is 0.591. The third-order valence-electron chi connectivity index (χ3n) is 3.32. The number of nitrogens with two attached hydrogens (primary N) is 1. The standard InChI is InChI=1S/C10H19NS/c11-7-10(5-6-10)8-12-9-3-1-2-4-9/h9H,1-8,11H2. The molecule has 1 nitrogen and oxygen atoms in total. The van der Waals surface area contributed by atoms with Gasteiger partial charge in [-0.15, -0.1) is 0 Å². The Labute approximate surface area is 79.5 Å². The van der Waals surface area contributed by atoms with Crippen LogP contribution in [0.3, 0.4) is 0 Å². The van der Waals surface area contributed by atoms with E-state index in [1.54, 1.807) is 0 Å². The zero-order chi connectivity index (χ0) is 8.44. The molecule has 0 saturated heterocycles. The first-order valence-electron chi connectivity index (χ1n) is 5.16. The predicted octanol–water partition coefficient (Wildman–Crippen LogP) is 2.40. The third-order valence-corrected chi connectivity index (χ3v) is 5.04. The Morgan fingerprint density at radius 2 is 1.92 bits per heavy atom. The maximum Gasteiger partial charge on any atom is 0.00472 e. The van der Waals surface area contributed by atoms with Crippen molar-refractivity contribution in [3.05, 3.63) is 0 Å². The van der Waals surface area contributed by atoms with Crippen LogP contribution in [0.1, 0.15) is 38.5 Å². The molecule has 70 valence electrons. The van der Waals surface area contributed by atoms with Crippen LogP contribution in [-0.4, -0.2) is 17.5 Å². The molecule has 0 spiro atoms. The van der Waals surface area contributed by atoms with Crippen LogP contribution >= 0.6 is 11.8 Å². The topological polar surface area (TPSA) is 26.0 Å². The van der Waals surface area contributed by atoms with Crippen molar-refractivity contribution in [1.82, 2.24) is 0 Å². The van der Waals surface area contributed by atoms with Crippen LogP contribution in [0.2, 0.25) is 0 Å². The molecule has 0 aromatic carbocycles. The molecule has 2 rings (SSSR count). The van der Waals surface area contributed by atoms with E-state index in [0.717, 1.165) is 11.8 Å². The summed E-state index contributed by atoms with van der Waals surface area (Å²) in [5, 5.41) is 0.981. The van der Waals surface area contributed by atoms with Gasteiger partial charge in [-0.2, -0.15) is 11.8 Å². The van der Waals surface area contributed by atoms with Crippen molar-refractivity contribution in [2.75, 3.05) is 12.3 Å². The summed E-state index contributed by atoms with van der Waals surface area (Å²) in [7, 11) is 0. The van der Waals surface area contributed by atoms with Crippen molar-refractivity contribution < 1.29 is 0 Å². The highest BCUT2D eigenvalue weighted by atomic mass is 32.2. The second kappa shape index (κ2) is 3.59. The van der Waals surface area contributed by atoms with Crippen molar-refractivity contribution in [3.8, 4) is 0 Å². The average molecular weight is 185 g/mol. The minimum atomic E-state index is 0.591. The van der Waals surface area contributed by atoms with E-state index in [9.17, 15) is 0 Å². The number of hydrogen-bond donors (Lipinski definition) is 1. The highest BCUT2D eigenvalue weighted by molar-refractivity contribution is 7.99. The number of rotatable bonds is 4. The molecule has 0 atom stereocenters. The van der Waals surface area contributed by atoms with E-state index in [0.29, 0.717) is 5.41 Å². The molecule has 2 aliphatic rings. The molecular weight excluding hydrogens is 166 g/mol. The fourth-order valence-electron chi connectivity index (χ4n) is 1.93. The largest absolute Gasteiger partial charge is 0.330 e. The fraction of sp³-hybridized carbons (Fsp3) is 1.00. The molecule has 0 bridgehead atoms. The summed E-state index contributed by atoms with van der Waals surface area (Å²) in [4.78, 5) is 0. The smallest absolute Gasteiger partial charge is 0.00472 e. The maximum absolute atomic E-state index is 5.74. The van der Waals surface area contributed by atoms with Gasteiger partial charge in [0.2, 0.25) is 0 Å². The molecule has 0 radical (unpaired) electrons. The van der Waals surface area contributed by atoms with Gasteiger partial charge in [0.25, 0.3) is 0 Å². The zero-order valence-corrected chi connectivity index (χ0v) is 8.54. The summed E-state index contributed by atoms with van der Waals surface area (Å²) in [6.07, 6.45) is 8.64. The van der Waals surface area contributed by atoms with Crippen LogP contribution in [0.4, 0.5) is 0 Å². The summed E-state index contributed by atoms with van der Waals surface area (Å²) in [5.41, 5.74) is 6.33. The SMILES string of the molecule is NCC1(CSC2CCCC2)CC1. The van der Waals surface area contributed by atoms with Gasteiger partial charge >= 0.3 is 0 Å². The third kappa shape index (κ3) is 1.97. The molecule has 0 aliphatic heterocycles. The molecule has 0 aromatic rings. The van der Waals surface area contributed by atoms with Gasteiger partial charge in [-0.25, -0.2) is 0 Å². The first kappa shape index (κ1) is 8.89. The summed E-state index contributed by atoms with van der Waals surface area (Å²) in [5.74, 6) is 1.34. The zero-order valence-electron chi connectivity index (χ0n) is 7.72. The number of thioether (sulfide) groups is 1. The van der Waals surface area contributed by atoms with Crippen molar-refractivity contribution in [3.63, 3.8) is 0 Å². The molecule has 2 N–H and O–H groups in total. The number of hydrogen-bond acceptors (Lipinski definition) is 2. The van der Waals surface area contributed by atoms with E-state index in [1.165, 1.54) is 44.3 Å². The van der Waals surface area contributed by atoms with Crippen LogP contribution in [0.15, 0.2) is 0 Å². The van der Waals surface area contributed by atoms with Crippen LogP contribution in [0.25, 0.3) is 0 Å². The molecule has 0 amide bonds. The second-order valence-electron chi connectivity index (χ2n) is 4.42. The Balaban J connectivity index is 1.67. The van der Waals surface area contributed by atoms with Gasteiger partial charge in [0, 0.05) is 11.0 Å². The van der Waals surface area contributed by atoms with E-state index in [2.05, 4.69) is 11.8 Å². The van der Waals surface area contributed by atoms with Gasteiger partial charge in [0.15, 0.2) is 0 Å². The highest BCUT2D eigenvalue weighted by Crippen LogP contribution is 2.48. The molecule has 12 heavy (non-hydrogen) atoms. The van der Waals surface area contributed by atoms with Crippen LogP contribution in [-0.2, 0) is 0 Å². The monoisotopic (exact) mass is 185 g/mol. The van der Waals surface area contributed by atoms with E-state index in [-0.39, 0.29) is 0 Å². The van der Waals surface area contributed by atoms with Crippen molar-refractivity contribution >= 4 is 11.8 Å². The Kier molecular flexibility index (Phi) is 2.66. The van der Waals surface area contributed by atoms with Gasteiger partial charge in [-0.1, -0.05) is 12.8 Å². The molecule has 2 aliphatic carbocycles. The predicted molar refractivity (Wildman–Crippen MR) is 55.4 cm³/mol. The lowest BCUT2D eigenvalue weighted by molar-refractivity contribution is 0.598. The normalized spacial score (nSPS) is 27.8. The van der Waals surface area contributed by atoms with E-state index >= 15 is 0 Å². The molecular formula is C10H19NS. The highest BCUT2D eigenvalue weighted by Gasteiger charge is 2.41. The fourth-order valence-corrected chi connectivity index (χ4v) is 3.60. The molecule has 0 heterocycles. The summed E-state index contributed by atoms with van der Waals surface area (Å²) < 4.78 is 0. The van der Waals surface area contributed by atoms with Crippen molar-refractivity contribution in [1.29, 1.82) is 0 Å². The summed E-state index contributed by atoms with van der Waals surface area (Å²) >= 11 is 2.20. The summed E-state index contributed by atoms with van der Waals surface area (Å²) in [6.45, 7) is 0.923. The van der Waals surface area contributed by atoms with E-state index < -0.39 is 0 Å². The van der Waals surface area contributed by atoms with Crippen molar-refractivity contribution in [2.24, 2.45) is 11.1 Å². The lowest BCUT2D eigenvalue weighted by Gasteiger charge is -2.14.